The van der Waals surface area contributed by atoms with E-state index in [0.717, 1.165) is 25.8 Å². The number of unbranched alkanes of at least 4 members (excludes halogenated alkanes) is 9. The van der Waals surface area contributed by atoms with Crippen molar-refractivity contribution in [3.05, 3.63) is 0 Å². The molecule has 3 nitrogen and oxygen atoms in total. The summed E-state index contributed by atoms with van der Waals surface area (Å²) >= 11 is 0. The fourth-order valence-corrected chi connectivity index (χ4v) is 2.57. The minimum Gasteiger partial charge on any atom is -0.463 e. The van der Waals surface area contributed by atoms with Crippen molar-refractivity contribution in [3.63, 3.8) is 0 Å². The van der Waals surface area contributed by atoms with Gasteiger partial charge in [-0.05, 0) is 45.7 Å². The van der Waals surface area contributed by atoms with Crippen molar-refractivity contribution in [2.24, 2.45) is 0 Å². The maximum absolute atomic E-state index is 11.5. The maximum Gasteiger partial charge on any atom is 0.306 e. The van der Waals surface area contributed by atoms with Gasteiger partial charge in [0.25, 0.3) is 0 Å². The first-order valence-electron chi connectivity index (χ1n) is 10.1. The predicted octanol–water partition coefficient (Wildman–Crippen LogP) is 5.62. The number of ether oxygens (including phenoxy) is 1. The lowest BCUT2D eigenvalue weighted by Gasteiger charge is -2.10. The molecule has 0 aliphatic carbocycles. The minimum absolute atomic E-state index is 0.0278. The highest BCUT2D eigenvalue weighted by Crippen LogP contribution is 2.08. The van der Waals surface area contributed by atoms with E-state index < -0.39 is 0 Å². The Morgan fingerprint density at radius 2 is 1.35 bits per heavy atom. The predicted molar refractivity (Wildman–Crippen MR) is 99.8 cm³/mol. The van der Waals surface area contributed by atoms with Crippen molar-refractivity contribution in [1.29, 1.82) is 0 Å². The van der Waals surface area contributed by atoms with Crippen molar-refractivity contribution in [3.8, 4) is 0 Å². The second kappa shape index (κ2) is 17.8. The molecule has 0 aliphatic heterocycles. The lowest BCUT2D eigenvalue weighted by Crippen LogP contribution is -2.16. The Morgan fingerprint density at radius 3 is 1.91 bits per heavy atom. The van der Waals surface area contributed by atoms with Crippen LogP contribution in [-0.2, 0) is 9.53 Å². The van der Waals surface area contributed by atoms with Crippen LogP contribution in [0.5, 0.6) is 0 Å². The van der Waals surface area contributed by atoms with Crippen molar-refractivity contribution in [2.75, 3.05) is 13.1 Å². The first-order chi connectivity index (χ1) is 11.2. The number of carbonyl (C=O) groups excluding carboxylic acids is 1. The molecule has 1 N–H and O–H groups in total. The van der Waals surface area contributed by atoms with Gasteiger partial charge in [0.15, 0.2) is 0 Å². The van der Waals surface area contributed by atoms with Gasteiger partial charge in [-0.25, -0.2) is 0 Å². The third-order valence-corrected chi connectivity index (χ3v) is 4.35. The SMILES string of the molecule is CCCCCCCCNCCCCCCCC(=O)OC(C)CC. The van der Waals surface area contributed by atoms with E-state index in [0.29, 0.717) is 6.42 Å². The van der Waals surface area contributed by atoms with E-state index in [1.807, 2.05) is 13.8 Å². The van der Waals surface area contributed by atoms with Crippen molar-refractivity contribution >= 4 is 5.97 Å². The second-order valence-corrected chi connectivity index (χ2v) is 6.74. The van der Waals surface area contributed by atoms with Crippen LogP contribution in [-0.4, -0.2) is 25.2 Å². The summed E-state index contributed by atoms with van der Waals surface area (Å²) in [5.41, 5.74) is 0. The highest BCUT2D eigenvalue weighted by molar-refractivity contribution is 5.69. The third-order valence-electron chi connectivity index (χ3n) is 4.35. The van der Waals surface area contributed by atoms with E-state index in [1.54, 1.807) is 0 Å². The van der Waals surface area contributed by atoms with Crippen molar-refractivity contribution < 1.29 is 9.53 Å². The zero-order valence-electron chi connectivity index (χ0n) is 16.0. The topological polar surface area (TPSA) is 38.3 Å². The van der Waals surface area contributed by atoms with E-state index in [-0.39, 0.29) is 12.1 Å². The zero-order chi connectivity index (χ0) is 17.2. The summed E-state index contributed by atoms with van der Waals surface area (Å²) in [5, 5.41) is 3.54. The molecule has 1 unspecified atom stereocenters. The summed E-state index contributed by atoms with van der Waals surface area (Å²) < 4.78 is 5.26. The van der Waals surface area contributed by atoms with Gasteiger partial charge in [-0.3, -0.25) is 4.79 Å². The van der Waals surface area contributed by atoms with Gasteiger partial charge in [-0.2, -0.15) is 0 Å². The van der Waals surface area contributed by atoms with Crippen LogP contribution in [0.25, 0.3) is 0 Å². The average molecular weight is 328 g/mol. The Balaban J connectivity index is 3.12. The summed E-state index contributed by atoms with van der Waals surface area (Å²) in [5.74, 6) is -0.0278. The van der Waals surface area contributed by atoms with Crippen LogP contribution >= 0.6 is 0 Å². The first kappa shape index (κ1) is 22.4. The van der Waals surface area contributed by atoms with E-state index in [4.69, 9.17) is 4.74 Å². The third kappa shape index (κ3) is 17.6. The molecule has 0 spiro atoms. The second-order valence-electron chi connectivity index (χ2n) is 6.74. The zero-order valence-corrected chi connectivity index (χ0v) is 16.0. The normalized spacial score (nSPS) is 12.3. The molecule has 0 aliphatic rings. The van der Waals surface area contributed by atoms with Gasteiger partial charge < -0.3 is 10.1 Å². The van der Waals surface area contributed by atoms with Crippen molar-refractivity contribution in [1.82, 2.24) is 5.32 Å². The van der Waals surface area contributed by atoms with E-state index in [2.05, 4.69) is 12.2 Å². The molecule has 138 valence electrons. The fraction of sp³-hybridized carbons (Fsp3) is 0.950. The maximum atomic E-state index is 11.5. The molecule has 1 atom stereocenters. The Morgan fingerprint density at radius 1 is 0.826 bits per heavy atom. The molecule has 0 saturated carbocycles. The van der Waals surface area contributed by atoms with Gasteiger partial charge in [-0.1, -0.05) is 65.2 Å². The number of hydrogen-bond donors (Lipinski definition) is 1. The van der Waals surface area contributed by atoms with Crippen LogP contribution in [0, 0.1) is 0 Å². The number of nitrogens with one attached hydrogen (secondary N) is 1. The molecule has 0 heterocycles. The molecule has 0 amide bonds. The van der Waals surface area contributed by atoms with Crippen molar-refractivity contribution in [2.45, 2.75) is 110 Å². The van der Waals surface area contributed by atoms with Crippen LogP contribution < -0.4 is 5.32 Å². The summed E-state index contributed by atoms with van der Waals surface area (Å²) in [6.45, 7) is 8.58. The Hall–Kier alpha value is -0.570. The smallest absolute Gasteiger partial charge is 0.306 e. The lowest BCUT2D eigenvalue weighted by atomic mass is 10.1. The van der Waals surface area contributed by atoms with Gasteiger partial charge >= 0.3 is 5.97 Å². The molecule has 23 heavy (non-hydrogen) atoms. The number of carbonyl (C=O) groups is 1. The van der Waals surface area contributed by atoms with Gasteiger partial charge in [0.2, 0.25) is 0 Å². The van der Waals surface area contributed by atoms with Crippen LogP contribution in [0.3, 0.4) is 0 Å². The van der Waals surface area contributed by atoms with Gasteiger partial charge in [0.05, 0.1) is 6.10 Å². The summed E-state index contributed by atoms with van der Waals surface area (Å²) in [6, 6.07) is 0. The summed E-state index contributed by atoms with van der Waals surface area (Å²) in [7, 11) is 0. The highest BCUT2D eigenvalue weighted by Gasteiger charge is 2.06. The molecule has 0 saturated heterocycles. The molecule has 0 rings (SSSR count). The molecule has 0 radical (unpaired) electrons. The molecule has 0 bridgehead atoms. The minimum atomic E-state index is -0.0278. The van der Waals surface area contributed by atoms with Crippen LogP contribution in [0.4, 0.5) is 0 Å². The molecular formula is C20H41NO2. The fourth-order valence-electron chi connectivity index (χ4n) is 2.57. The van der Waals surface area contributed by atoms with Crippen LogP contribution in [0.15, 0.2) is 0 Å². The molecule has 0 aromatic rings. The lowest BCUT2D eigenvalue weighted by molar-refractivity contribution is -0.148. The first-order valence-corrected chi connectivity index (χ1v) is 10.1. The standard InChI is InChI=1S/C20H41NO2/c1-4-6-7-8-11-14-17-21-18-15-12-9-10-13-16-20(22)23-19(3)5-2/h19,21H,4-18H2,1-3H3. The van der Waals surface area contributed by atoms with Gasteiger partial charge in [0.1, 0.15) is 0 Å². The molecule has 0 aromatic heterocycles. The molecule has 0 fully saturated rings. The van der Waals surface area contributed by atoms with E-state index in [9.17, 15) is 4.79 Å². The molecule has 0 aromatic carbocycles. The van der Waals surface area contributed by atoms with Gasteiger partial charge in [-0.15, -0.1) is 0 Å². The van der Waals surface area contributed by atoms with E-state index >= 15 is 0 Å². The number of rotatable bonds is 17. The monoisotopic (exact) mass is 327 g/mol. The average Bonchev–Trinajstić information content (AvgIpc) is 2.55. The Kier molecular flexibility index (Phi) is 17.3. The summed E-state index contributed by atoms with van der Waals surface area (Å²) in [6.07, 6.45) is 15.6. The summed E-state index contributed by atoms with van der Waals surface area (Å²) in [4.78, 5) is 11.5. The quantitative estimate of drug-likeness (QED) is 0.278. The molecule has 3 heteroatoms. The Bertz CT molecular complexity index is 256. The largest absolute Gasteiger partial charge is 0.463 e. The van der Waals surface area contributed by atoms with Gasteiger partial charge in [0, 0.05) is 6.42 Å². The van der Waals surface area contributed by atoms with Crippen LogP contribution in [0.1, 0.15) is 104 Å². The highest BCUT2D eigenvalue weighted by atomic mass is 16.5. The van der Waals surface area contributed by atoms with E-state index in [1.165, 1.54) is 64.3 Å². The molecular weight excluding hydrogens is 286 g/mol. The number of esters is 1. The van der Waals surface area contributed by atoms with Crippen LogP contribution in [0.2, 0.25) is 0 Å². The number of hydrogen-bond acceptors (Lipinski definition) is 3. The Labute approximate surface area is 144 Å².